The molecular formula is C18H24NO2+. The number of hydrogen-bond donors (Lipinski definition) is 1. The Morgan fingerprint density at radius 2 is 1.57 bits per heavy atom. The molecule has 0 amide bonds. The predicted octanol–water partition coefficient (Wildman–Crippen LogP) is 2.18. The molecule has 0 saturated heterocycles. The lowest BCUT2D eigenvalue weighted by atomic mass is 10.2. The average molecular weight is 286 g/mol. The normalized spacial score (nSPS) is 11.9. The van der Waals surface area contributed by atoms with Gasteiger partial charge in [-0.1, -0.05) is 30.3 Å². The monoisotopic (exact) mass is 286 g/mol. The molecule has 21 heavy (non-hydrogen) atoms. The molecule has 0 saturated carbocycles. The summed E-state index contributed by atoms with van der Waals surface area (Å²) in [5.74, 6) is 1.76. The van der Waals surface area contributed by atoms with Gasteiger partial charge in [0.25, 0.3) is 0 Å². The van der Waals surface area contributed by atoms with Crippen LogP contribution in [0.1, 0.15) is 12.0 Å². The fourth-order valence-electron chi connectivity index (χ4n) is 2.27. The van der Waals surface area contributed by atoms with Crippen LogP contribution in [0.3, 0.4) is 0 Å². The second-order valence-corrected chi connectivity index (χ2v) is 5.25. The zero-order valence-corrected chi connectivity index (χ0v) is 12.8. The molecule has 0 aliphatic heterocycles. The van der Waals surface area contributed by atoms with Gasteiger partial charge in [0.1, 0.15) is 18.0 Å². The summed E-state index contributed by atoms with van der Waals surface area (Å²) >= 11 is 0. The number of rotatable bonds is 8. The van der Waals surface area contributed by atoms with Crippen molar-refractivity contribution in [3.8, 4) is 11.5 Å². The Morgan fingerprint density at radius 3 is 2.24 bits per heavy atom. The molecule has 2 aromatic rings. The molecule has 1 unspecified atom stereocenters. The first-order chi connectivity index (χ1) is 10.3. The molecule has 3 nitrogen and oxygen atoms in total. The van der Waals surface area contributed by atoms with Gasteiger partial charge in [0.05, 0.1) is 27.3 Å². The zero-order valence-electron chi connectivity index (χ0n) is 12.8. The first kappa shape index (κ1) is 15.4. The van der Waals surface area contributed by atoms with Crippen LogP contribution in [0, 0.1) is 0 Å². The van der Waals surface area contributed by atoms with Crippen molar-refractivity contribution in [1.82, 2.24) is 0 Å². The Balaban J connectivity index is 1.64. The lowest BCUT2D eigenvalue weighted by molar-refractivity contribution is -0.894. The molecule has 1 atom stereocenters. The topological polar surface area (TPSA) is 22.9 Å². The summed E-state index contributed by atoms with van der Waals surface area (Å²) in [5, 5.41) is 0. The van der Waals surface area contributed by atoms with Gasteiger partial charge in [0.2, 0.25) is 0 Å². The van der Waals surface area contributed by atoms with E-state index < -0.39 is 0 Å². The lowest BCUT2D eigenvalue weighted by Gasteiger charge is -2.14. The highest BCUT2D eigenvalue weighted by molar-refractivity contribution is 5.31. The van der Waals surface area contributed by atoms with E-state index in [1.54, 1.807) is 7.11 Å². The number of nitrogens with one attached hydrogen (secondary N) is 1. The lowest BCUT2D eigenvalue weighted by Crippen LogP contribution is -3.07. The SMILES string of the molecule is COc1ccc(OCCC[NH+](C)Cc2ccccc2)cc1. The van der Waals surface area contributed by atoms with Gasteiger partial charge in [0, 0.05) is 12.0 Å². The van der Waals surface area contributed by atoms with E-state index in [9.17, 15) is 0 Å². The maximum absolute atomic E-state index is 5.74. The highest BCUT2D eigenvalue weighted by Gasteiger charge is 2.03. The molecule has 0 bridgehead atoms. The quantitative estimate of drug-likeness (QED) is 0.752. The van der Waals surface area contributed by atoms with E-state index in [2.05, 4.69) is 37.4 Å². The van der Waals surface area contributed by atoms with E-state index >= 15 is 0 Å². The Morgan fingerprint density at radius 1 is 0.905 bits per heavy atom. The van der Waals surface area contributed by atoms with E-state index in [-0.39, 0.29) is 0 Å². The highest BCUT2D eigenvalue weighted by Crippen LogP contribution is 2.16. The van der Waals surface area contributed by atoms with Crippen molar-refractivity contribution in [3.63, 3.8) is 0 Å². The first-order valence-corrected chi connectivity index (χ1v) is 7.40. The van der Waals surface area contributed by atoms with Crippen molar-refractivity contribution in [3.05, 3.63) is 60.2 Å². The third-order valence-electron chi connectivity index (χ3n) is 3.42. The van der Waals surface area contributed by atoms with Gasteiger partial charge in [0.15, 0.2) is 0 Å². The zero-order chi connectivity index (χ0) is 14.9. The van der Waals surface area contributed by atoms with Crippen LogP contribution >= 0.6 is 0 Å². The third kappa shape index (κ3) is 5.48. The molecule has 0 aromatic heterocycles. The first-order valence-electron chi connectivity index (χ1n) is 7.40. The third-order valence-corrected chi connectivity index (χ3v) is 3.42. The molecule has 3 heteroatoms. The van der Waals surface area contributed by atoms with Crippen LogP contribution in [-0.2, 0) is 6.54 Å². The van der Waals surface area contributed by atoms with Gasteiger partial charge >= 0.3 is 0 Å². The van der Waals surface area contributed by atoms with Crippen LogP contribution < -0.4 is 14.4 Å². The van der Waals surface area contributed by atoms with Crippen LogP contribution in [-0.4, -0.2) is 27.3 Å². The molecule has 1 N–H and O–H groups in total. The summed E-state index contributed by atoms with van der Waals surface area (Å²) in [5.41, 5.74) is 1.38. The van der Waals surface area contributed by atoms with E-state index in [1.807, 2.05) is 24.3 Å². The van der Waals surface area contributed by atoms with Gasteiger partial charge in [-0.25, -0.2) is 0 Å². The number of quaternary nitrogens is 1. The Labute approximate surface area is 127 Å². The number of ether oxygens (including phenoxy) is 2. The summed E-state index contributed by atoms with van der Waals surface area (Å²) in [7, 11) is 3.89. The van der Waals surface area contributed by atoms with Gasteiger partial charge in [-0.05, 0) is 24.3 Å². The molecule has 0 aliphatic rings. The van der Waals surface area contributed by atoms with E-state index in [0.717, 1.165) is 37.6 Å². The van der Waals surface area contributed by atoms with Gasteiger partial charge < -0.3 is 14.4 Å². The number of hydrogen-bond acceptors (Lipinski definition) is 2. The average Bonchev–Trinajstić information content (AvgIpc) is 2.53. The molecule has 0 aliphatic carbocycles. The molecule has 0 heterocycles. The van der Waals surface area contributed by atoms with Crippen molar-refractivity contribution in [1.29, 1.82) is 0 Å². The maximum Gasteiger partial charge on any atom is 0.119 e. The van der Waals surface area contributed by atoms with E-state index in [1.165, 1.54) is 10.5 Å². The van der Waals surface area contributed by atoms with Crippen molar-refractivity contribution in [2.75, 3.05) is 27.3 Å². The predicted molar refractivity (Wildman–Crippen MR) is 85.0 cm³/mol. The Hall–Kier alpha value is -2.00. The molecule has 2 rings (SSSR count). The highest BCUT2D eigenvalue weighted by atomic mass is 16.5. The van der Waals surface area contributed by atoms with Crippen molar-refractivity contribution >= 4 is 0 Å². The minimum Gasteiger partial charge on any atom is -0.497 e. The van der Waals surface area contributed by atoms with E-state index in [0.29, 0.717) is 0 Å². The largest absolute Gasteiger partial charge is 0.497 e. The van der Waals surface area contributed by atoms with Crippen LogP contribution in [0.5, 0.6) is 11.5 Å². The second kappa shape index (κ2) is 8.32. The van der Waals surface area contributed by atoms with Crippen LogP contribution in [0.4, 0.5) is 0 Å². The molecule has 0 spiro atoms. The Bertz CT molecular complexity index is 511. The van der Waals surface area contributed by atoms with Crippen LogP contribution in [0.25, 0.3) is 0 Å². The molecule has 2 aromatic carbocycles. The minimum absolute atomic E-state index is 0.748. The summed E-state index contributed by atoms with van der Waals surface area (Å²) in [6.45, 7) is 2.91. The van der Waals surface area contributed by atoms with Crippen LogP contribution in [0.15, 0.2) is 54.6 Å². The van der Waals surface area contributed by atoms with Crippen LogP contribution in [0.2, 0.25) is 0 Å². The standard InChI is InChI=1S/C18H23NO2/c1-19(15-16-7-4-3-5-8-16)13-6-14-21-18-11-9-17(20-2)10-12-18/h3-5,7-12H,6,13-15H2,1-2H3/p+1. The summed E-state index contributed by atoms with van der Waals surface area (Å²) in [6, 6.07) is 18.3. The smallest absolute Gasteiger partial charge is 0.119 e. The van der Waals surface area contributed by atoms with Crippen molar-refractivity contribution < 1.29 is 14.4 Å². The summed E-state index contributed by atoms with van der Waals surface area (Å²) in [4.78, 5) is 1.50. The summed E-state index contributed by atoms with van der Waals surface area (Å²) in [6.07, 6.45) is 1.05. The summed E-state index contributed by atoms with van der Waals surface area (Å²) < 4.78 is 10.9. The molecular weight excluding hydrogens is 262 g/mol. The van der Waals surface area contributed by atoms with Gasteiger partial charge in [-0.15, -0.1) is 0 Å². The van der Waals surface area contributed by atoms with Gasteiger partial charge in [-0.2, -0.15) is 0 Å². The van der Waals surface area contributed by atoms with Crippen molar-refractivity contribution in [2.24, 2.45) is 0 Å². The second-order valence-electron chi connectivity index (χ2n) is 5.25. The number of methoxy groups -OCH3 is 1. The van der Waals surface area contributed by atoms with E-state index in [4.69, 9.17) is 9.47 Å². The molecule has 112 valence electrons. The Kier molecular flexibility index (Phi) is 6.10. The fourth-order valence-corrected chi connectivity index (χ4v) is 2.27. The molecule has 0 fully saturated rings. The number of benzene rings is 2. The van der Waals surface area contributed by atoms with Crippen molar-refractivity contribution in [2.45, 2.75) is 13.0 Å². The fraction of sp³-hybridized carbons (Fsp3) is 0.333. The van der Waals surface area contributed by atoms with Gasteiger partial charge in [-0.3, -0.25) is 0 Å². The molecule has 0 radical (unpaired) electrons. The maximum atomic E-state index is 5.74. The minimum atomic E-state index is 0.748.